The molecule has 1 saturated heterocycles. The molecule has 20 heavy (non-hydrogen) atoms. The van der Waals surface area contributed by atoms with E-state index in [0.29, 0.717) is 12.3 Å². The van der Waals surface area contributed by atoms with E-state index in [1.165, 1.54) is 6.42 Å². The van der Waals surface area contributed by atoms with Crippen molar-refractivity contribution >= 4 is 0 Å². The standard InChI is InChI=1S/C15H22N2O3/c1-10-3-4-17(8-10)12(7-16)11-5-13(18-2)15-14(6-11)19-9-20-15/h5-6,10,12H,3-4,7-9,16H2,1-2H3. The second-order valence-electron chi connectivity index (χ2n) is 5.60. The summed E-state index contributed by atoms with van der Waals surface area (Å²) < 4.78 is 16.3. The van der Waals surface area contributed by atoms with Crippen molar-refractivity contribution in [3.05, 3.63) is 17.7 Å². The first-order valence-electron chi connectivity index (χ1n) is 7.14. The molecule has 5 nitrogen and oxygen atoms in total. The summed E-state index contributed by atoms with van der Waals surface area (Å²) in [7, 11) is 1.65. The van der Waals surface area contributed by atoms with E-state index in [1.807, 2.05) is 12.1 Å². The van der Waals surface area contributed by atoms with Crippen LogP contribution < -0.4 is 19.9 Å². The van der Waals surface area contributed by atoms with Crippen LogP contribution in [0.2, 0.25) is 0 Å². The molecular weight excluding hydrogens is 256 g/mol. The third-order valence-corrected chi connectivity index (χ3v) is 4.18. The lowest BCUT2D eigenvalue weighted by Crippen LogP contribution is -2.32. The van der Waals surface area contributed by atoms with E-state index in [4.69, 9.17) is 19.9 Å². The Balaban J connectivity index is 1.92. The number of rotatable bonds is 4. The Bertz CT molecular complexity index is 492. The van der Waals surface area contributed by atoms with Crippen LogP contribution in [0.1, 0.15) is 24.9 Å². The van der Waals surface area contributed by atoms with Gasteiger partial charge in [-0.25, -0.2) is 0 Å². The molecule has 2 N–H and O–H groups in total. The summed E-state index contributed by atoms with van der Waals surface area (Å²) in [6.45, 7) is 5.32. The molecule has 0 radical (unpaired) electrons. The number of hydrogen-bond donors (Lipinski definition) is 1. The second-order valence-corrected chi connectivity index (χ2v) is 5.60. The van der Waals surface area contributed by atoms with Gasteiger partial charge in [-0.3, -0.25) is 4.90 Å². The monoisotopic (exact) mass is 278 g/mol. The number of nitrogens with zero attached hydrogens (tertiary/aromatic N) is 1. The zero-order valence-corrected chi connectivity index (χ0v) is 12.1. The predicted octanol–water partition coefficient (Wildman–Crippen LogP) is 1.77. The van der Waals surface area contributed by atoms with Gasteiger partial charge in [0.1, 0.15) is 0 Å². The van der Waals surface area contributed by atoms with Crippen molar-refractivity contribution in [3.8, 4) is 17.2 Å². The average Bonchev–Trinajstić information content (AvgIpc) is 3.07. The summed E-state index contributed by atoms with van der Waals surface area (Å²) in [5.41, 5.74) is 7.15. The zero-order valence-electron chi connectivity index (χ0n) is 12.1. The summed E-state index contributed by atoms with van der Waals surface area (Å²) >= 11 is 0. The fourth-order valence-corrected chi connectivity index (χ4v) is 3.09. The molecule has 0 bridgehead atoms. The molecule has 0 saturated carbocycles. The maximum atomic E-state index is 6.01. The molecule has 2 aliphatic heterocycles. The van der Waals surface area contributed by atoms with Gasteiger partial charge in [0.2, 0.25) is 12.5 Å². The van der Waals surface area contributed by atoms with E-state index in [1.54, 1.807) is 7.11 Å². The molecule has 1 fully saturated rings. The van der Waals surface area contributed by atoms with Gasteiger partial charge in [0.25, 0.3) is 0 Å². The van der Waals surface area contributed by atoms with Crippen LogP contribution in [-0.4, -0.2) is 38.4 Å². The summed E-state index contributed by atoms with van der Waals surface area (Å²) in [6.07, 6.45) is 1.23. The van der Waals surface area contributed by atoms with Crippen LogP contribution in [0.15, 0.2) is 12.1 Å². The Morgan fingerprint density at radius 1 is 1.45 bits per heavy atom. The number of hydrogen-bond acceptors (Lipinski definition) is 5. The largest absolute Gasteiger partial charge is 0.493 e. The first kappa shape index (κ1) is 13.5. The lowest BCUT2D eigenvalue weighted by molar-refractivity contribution is 0.171. The van der Waals surface area contributed by atoms with Gasteiger partial charge in [-0.1, -0.05) is 6.92 Å². The van der Waals surface area contributed by atoms with Crippen LogP contribution in [-0.2, 0) is 0 Å². The first-order chi connectivity index (χ1) is 9.72. The van der Waals surface area contributed by atoms with Crippen LogP contribution in [0.5, 0.6) is 17.2 Å². The van der Waals surface area contributed by atoms with E-state index in [2.05, 4.69) is 11.8 Å². The summed E-state index contributed by atoms with van der Waals surface area (Å²) in [6, 6.07) is 4.27. The molecule has 1 aromatic rings. The van der Waals surface area contributed by atoms with Crippen LogP contribution in [0.4, 0.5) is 0 Å². The van der Waals surface area contributed by atoms with Crippen molar-refractivity contribution in [1.82, 2.24) is 4.90 Å². The van der Waals surface area contributed by atoms with Crippen molar-refractivity contribution in [2.24, 2.45) is 11.7 Å². The topological polar surface area (TPSA) is 57.0 Å². The van der Waals surface area contributed by atoms with Crippen molar-refractivity contribution < 1.29 is 14.2 Å². The Hall–Kier alpha value is -1.46. The first-order valence-corrected chi connectivity index (χ1v) is 7.14. The number of ether oxygens (including phenoxy) is 3. The fourth-order valence-electron chi connectivity index (χ4n) is 3.09. The number of nitrogens with two attached hydrogens (primary N) is 1. The van der Waals surface area contributed by atoms with Crippen molar-refractivity contribution in [2.75, 3.05) is 33.5 Å². The van der Waals surface area contributed by atoms with Gasteiger partial charge in [-0.05, 0) is 36.6 Å². The summed E-state index contributed by atoms with van der Waals surface area (Å²) in [4.78, 5) is 2.45. The molecule has 2 unspecified atom stereocenters. The lowest BCUT2D eigenvalue weighted by atomic mass is 10.0. The van der Waals surface area contributed by atoms with Gasteiger partial charge in [-0.15, -0.1) is 0 Å². The molecule has 5 heteroatoms. The SMILES string of the molecule is COc1cc(C(CN)N2CCC(C)C2)cc2c1OCO2. The molecule has 0 aliphatic carbocycles. The van der Waals surface area contributed by atoms with Crippen LogP contribution in [0.3, 0.4) is 0 Å². The smallest absolute Gasteiger partial charge is 0.231 e. The Morgan fingerprint density at radius 3 is 2.95 bits per heavy atom. The van der Waals surface area contributed by atoms with Gasteiger partial charge < -0.3 is 19.9 Å². The summed E-state index contributed by atoms with van der Waals surface area (Å²) in [5, 5.41) is 0. The van der Waals surface area contributed by atoms with Gasteiger partial charge in [-0.2, -0.15) is 0 Å². The number of methoxy groups -OCH3 is 1. The van der Waals surface area contributed by atoms with Gasteiger partial charge in [0, 0.05) is 19.1 Å². The molecule has 1 aromatic carbocycles. The van der Waals surface area contributed by atoms with E-state index in [0.717, 1.165) is 36.1 Å². The van der Waals surface area contributed by atoms with Crippen LogP contribution in [0.25, 0.3) is 0 Å². The van der Waals surface area contributed by atoms with E-state index in [-0.39, 0.29) is 12.8 Å². The molecule has 110 valence electrons. The minimum atomic E-state index is 0.211. The third-order valence-electron chi connectivity index (χ3n) is 4.18. The van der Waals surface area contributed by atoms with Crippen molar-refractivity contribution in [3.63, 3.8) is 0 Å². The lowest BCUT2D eigenvalue weighted by Gasteiger charge is -2.27. The van der Waals surface area contributed by atoms with E-state index >= 15 is 0 Å². The Kier molecular flexibility index (Phi) is 3.72. The highest BCUT2D eigenvalue weighted by molar-refractivity contribution is 5.55. The maximum absolute atomic E-state index is 6.01. The predicted molar refractivity (Wildman–Crippen MR) is 76.3 cm³/mol. The van der Waals surface area contributed by atoms with Gasteiger partial charge >= 0.3 is 0 Å². The Labute approximate surface area is 119 Å². The molecular formula is C15H22N2O3. The highest BCUT2D eigenvalue weighted by atomic mass is 16.7. The number of likely N-dealkylation sites (tertiary alicyclic amines) is 1. The Morgan fingerprint density at radius 2 is 2.30 bits per heavy atom. The van der Waals surface area contributed by atoms with Gasteiger partial charge in [0.15, 0.2) is 11.5 Å². The highest BCUT2D eigenvalue weighted by Gasteiger charge is 2.29. The maximum Gasteiger partial charge on any atom is 0.231 e. The molecule has 0 aromatic heterocycles. The van der Waals surface area contributed by atoms with E-state index in [9.17, 15) is 0 Å². The molecule has 2 aliphatic rings. The highest BCUT2D eigenvalue weighted by Crippen LogP contribution is 2.44. The van der Waals surface area contributed by atoms with Gasteiger partial charge in [0.05, 0.1) is 7.11 Å². The molecule has 0 amide bonds. The molecule has 0 spiro atoms. The second kappa shape index (κ2) is 5.50. The van der Waals surface area contributed by atoms with Crippen LogP contribution >= 0.6 is 0 Å². The van der Waals surface area contributed by atoms with E-state index < -0.39 is 0 Å². The van der Waals surface area contributed by atoms with Crippen molar-refractivity contribution in [2.45, 2.75) is 19.4 Å². The molecule has 2 atom stereocenters. The quantitative estimate of drug-likeness (QED) is 0.909. The summed E-state index contributed by atoms with van der Waals surface area (Å²) in [5.74, 6) is 2.91. The average molecular weight is 278 g/mol. The minimum absolute atomic E-state index is 0.211. The van der Waals surface area contributed by atoms with Crippen LogP contribution in [0, 0.1) is 5.92 Å². The number of benzene rings is 1. The number of fused-ring (bicyclic) bond motifs is 1. The molecule has 2 heterocycles. The minimum Gasteiger partial charge on any atom is -0.493 e. The fraction of sp³-hybridized carbons (Fsp3) is 0.600. The molecule has 3 rings (SSSR count). The third kappa shape index (κ3) is 2.31. The van der Waals surface area contributed by atoms with Crippen molar-refractivity contribution in [1.29, 1.82) is 0 Å². The zero-order chi connectivity index (χ0) is 14.1. The normalized spacial score (nSPS) is 23.1.